The van der Waals surface area contributed by atoms with Crippen LogP contribution in [-0.4, -0.2) is 21.1 Å². The zero-order valence-corrected chi connectivity index (χ0v) is 9.46. The molecule has 0 saturated heterocycles. The van der Waals surface area contributed by atoms with E-state index >= 15 is 0 Å². The number of aromatic amines is 1. The van der Waals surface area contributed by atoms with Crippen molar-refractivity contribution in [1.82, 2.24) is 14.9 Å². The van der Waals surface area contributed by atoms with Gasteiger partial charge in [0.1, 0.15) is 12.1 Å². The van der Waals surface area contributed by atoms with E-state index in [-0.39, 0.29) is 5.56 Å². The largest absolute Gasteiger partial charge is 0.250 e. The lowest BCUT2D eigenvalue weighted by atomic mass is 10.2. The van der Waals surface area contributed by atoms with Gasteiger partial charge in [0, 0.05) is 5.56 Å². The Hall–Kier alpha value is -1.53. The van der Waals surface area contributed by atoms with Crippen molar-refractivity contribution in [2.45, 2.75) is 0 Å². The Morgan fingerprint density at radius 1 is 1.56 bits per heavy atom. The minimum atomic E-state index is -0.439. The third-order valence-corrected chi connectivity index (χ3v) is 2.45. The highest BCUT2D eigenvalue weighted by atomic mass is 35.5. The van der Waals surface area contributed by atoms with E-state index in [1.54, 1.807) is 6.07 Å². The van der Waals surface area contributed by atoms with Crippen LogP contribution in [0.25, 0.3) is 0 Å². The maximum atomic E-state index is 13.3. The maximum Gasteiger partial charge on any atom is 0.216 e. The summed E-state index contributed by atoms with van der Waals surface area (Å²) in [6.45, 7) is 0. The first-order chi connectivity index (χ1) is 7.68. The molecule has 16 heavy (non-hydrogen) atoms. The van der Waals surface area contributed by atoms with Gasteiger partial charge in [0.05, 0.1) is 11.2 Å². The fourth-order valence-corrected chi connectivity index (χ4v) is 1.44. The Balaban J connectivity index is 2.38. The highest BCUT2D eigenvalue weighted by Gasteiger charge is 2.03. The van der Waals surface area contributed by atoms with Crippen LogP contribution >= 0.6 is 23.8 Å². The Bertz CT molecular complexity index is 569. The minimum absolute atomic E-state index is 0.215. The van der Waals surface area contributed by atoms with Crippen molar-refractivity contribution in [3.05, 3.63) is 45.7 Å². The van der Waals surface area contributed by atoms with Crippen molar-refractivity contribution >= 4 is 30.0 Å². The average molecular weight is 257 g/mol. The summed E-state index contributed by atoms with van der Waals surface area (Å²) in [5, 5.41) is 10.4. The van der Waals surface area contributed by atoms with Gasteiger partial charge >= 0.3 is 0 Å². The van der Waals surface area contributed by atoms with Crippen LogP contribution in [0.5, 0.6) is 0 Å². The van der Waals surface area contributed by atoms with Crippen molar-refractivity contribution in [3.63, 3.8) is 0 Å². The highest BCUT2D eigenvalue weighted by molar-refractivity contribution is 7.71. The molecule has 0 radical (unpaired) electrons. The predicted molar refractivity (Wildman–Crippen MR) is 61.8 cm³/mol. The van der Waals surface area contributed by atoms with Crippen molar-refractivity contribution in [2.75, 3.05) is 0 Å². The second-order valence-corrected chi connectivity index (χ2v) is 3.68. The smallest absolute Gasteiger partial charge is 0.216 e. The summed E-state index contributed by atoms with van der Waals surface area (Å²) >= 11 is 10.7. The summed E-state index contributed by atoms with van der Waals surface area (Å²) in [4.78, 5) is 0. The van der Waals surface area contributed by atoms with Crippen LogP contribution in [0.2, 0.25) is 5.02 Å². The van der Waals surface area contributed by atoms with E-state index in [2.05, 4.69) is 15.3 Å². The van der Waals surface area contributed by atoms with Gasteiger partial charge in [0.2, 0.25) is 4.77 Å². The molecule has 1 N–H and O–H groups in total. The van der Waals surface area contributed by atoms with Crippen molar-refractivity contribution in [1.29, 1.82) is 0 Å². The lowest BCUT2D eigenvalue weighted by molar-refractivity contribution is 0.625. The summed E-state index contributed by atoms with van der Waals surface area (Å²) in [6.07, 6.45) is 2.68. The van der Waals surface area contributed by atoms with Gasteiger partial charge in [-0.3, -0.25) is 5.10 Å². The van der Waals surface area contributed by atoms with Gasteiger partial charge in [-0.1, -0.05) is 17.7 Å². The van der Waals surface area contributed by atoms with E-state index in [4.69, 9.17) is 23.8 Å². The van der Waals surface area contributed by atoms with Crippen LogP contribution in [0.15, 0.2) is 29.6 Å². The second-order valence-electron chi connectivity index (χ2n) is 2.89. The molecule has 2 aromatic rings. The van der Waals surface area contributed by atoms with Gasteiger partial charge in [-0.2, -0.15) is 14.9 Å². The molecule has 0 saturated carbocycles. The average Bonchev–Trinajstić information content (AvgIpc) is 2.64. The maximum absolute atomic E-state index is 13.3. The molecular formula is C9H6ClFN4S. The zero-order valence-electron chi connectivity index (χ0n) is 7.89. The van der Waals surface area contributed by atoms with E-state index in [9.17, 15) is 4.39 Å². The molecule has 82 valence electrons. The number of hydrogen-bond donors (Lipinski definition) is 1. The van der Waals surface area contributed by atoms with Gasteiger partial charge in [-0.05, 0) is 24.4 Å². The normalized spacial score (nSPS) is 11.1. The Kier molecular flexibility index (Phi) is 3.12. The number of halogens is 2. The van der Waals surface area contributed by atoms with E-state index < -0.39 is 5.82 Å². The molecule has 0 aliphatic carbocycles. The van der Waals surface area contributed by atoms with Crippen LogP contribution in [0.3, 0.4) is 0 Å². The van der Waals surface area contributed by atoms with Crippen LogP contribution in [0.4, 0.5) is 4.39 Å². The lowest BCUT2D eigenvalue weighted by Gasteiger charge is -1.98. The van der Waals surface area contributed by atoms with E-state index in [0.717, 1.165) is 0 Å². The fraction of sp³-hybridized carbons (Fsp3) is 0. The fourth-order valence-electron chi connectivity index (χ4n) is 1.08. The Labute approximate surface area is 100 Å². The number of rotatable bonds is 2. The van der Waals surface area contributed by atoms with Crippen molar-refractivity contribution < 1.29 is 4.39 Å². The summed E-state index contributed by atoms with van der Waals surface area (Å²) in [6, 6.07) is 4.42. The minimum Gasteiger partial charge on any atom is -0.250 e. The molecule has 0 amide bonds. The highest BCUT2D eigenvalue weighted by Crippen LogP contribution is 2.16. The first-order valence-electron chi connectivity index (χ1n) is 4.29. The standard InChI is InChI=1S/C9H6ClFN4S/c10-7-2-1-3-8(11)6(7)4-13-15-5-12-14-9(15)16/h1-5H,(H,14,16)/b13-4-. The van der Waals surface area contributed by atoms with Crippen LogP contribution in [0.1, 0.15) is 5.56 Å². The number of aromatic nitrogens is 3. The van der Waals surface area contributed by atoms with Gasteiger partial charge in [0.25, 0.3) is 0 Å². The molecule has 1 aromatic carbocycles. The predicted octanol–water partition coefficient (Wildman–Crippen LogP) is 2.62. The third kappa shape index (κ3) is 2.17. The number of nitrogens with zero attached hydrogens (tertiary/aromatic N) is 3. The van der Waals surface area contributed by atoms with Gasteiger partial charge in [0.15, 0.2) is 0 Å². The molecule has 2 rings (SSSR count). The number of H-pyrrole nitrogens is 1. The molecule has 4 nitrogen and oxygen atoms in total. The molecular weight excluding hydrogens is 251 g/mol. The van der Waals surface area contributed by atoms with Gasteiger partial charge < -0.3 is 0 Å². The first kappa shape index (κ1) is 11.0. The Morgan fingerprint density at radius 2 is 2.38 bits per heavy atom. The van der Waals surface area contributed by atoms with Gasteiger partial charge in [-0.25, -0.2) is 4.39 Å². The molecule has 1 heterocycles. The third-order valence-electron chi connectivity index (χ3n) is 1.85. The summed E-state index contributed by atoms with van der Waals surface area (Å²) in [5.74, 6) is -0.439. The van der Waals surface area contributed by atoms with Crippen molar-refractivity contribution in [2.24, 2.45) is 5.10 Å². The Morgan fingerprint density at radius 3 is 3.00 bits per heavy atom. The summed E-state index contributed by atoms with van der Waals surface area (Å²) < 4.78 is 15.0. The topological polar surface area (TPSA) is 46.0 Å². The van der Waals surface area contributed by atoms with Crippen LogP contribution in [0, 0.1) is 10.6 Å². The molecule has 0 atom stereocenters. The molecule has 7 heteroatoms. The van der Waals surface area contributed by atoms with E-state index in [1.807, 2.05) is 0 Å². The summed E-state index contributed by atoms with van der Waals surface area (Å²) in [5.41, 5.74) is 0.215. The second kappa shape index (κ2) is 4.54. The lowest BCUT2D eigenvalue weighted by Crippen LogP contribution is -1.93. The molecule has 0 unspecified atom stereocenters. The van der Waals surface area contributed by atoms with E-state index in [0.29, 0.717) is 9.79 Å². The van der Waals surface area contributed by atoms with E-state index in [1.165, 1.54) is 29.4 Å². The number of nitrogens with one attached hydrogen (secondary N) is 1. The molecule has 0 aliphatic heterocycles. The molecule has 0 bridgehead atoms. The monoisotopic (exact) mass is 256 g/mol. The molecule has 0 aliphatic rings. The molecule has 0 spiro atoms. The number of benzene rings is 1. The van der Waals surface area contributed by atoms with Gasteiger partial charge in [-0.15, -0.1) is 0 Å². The number of hydrogen-bond acceptors (Lipinski definition) is 3. The molecule has 0 fully saturated rings. The van der Waals surface area contributed by atoms with Crippen molar-refractivity contribution in [3.8, 4) is 0 Å². The quantitative estimate of drug-likeness (QED) is 0.663. The van der Waals surface area contributed by atoms with Crippen LogP contribution in [-0.2, 0) is 0 Å². The SMILES string of the molecule is Fc1cccc(Cl)c1/C=N\n1cn[nH]c1=S. The zero-order chi connectivity index (χ0) is 11.5. The summed E-state index contributed by atoms with van der Waals surface area (Å²) in [7, 11) is 0. The van der Waals surface area contributed by atoms with Crippen LogP contribution < -0.4 is 0 Å². The molecule has 1 aromatic heterocycles. The first-order valence-corrected chi connectivity index (χ1v) is 5.07.